The van der Waals surface area contributed by atoms with Crippen LogP contribution in [0.1, 0.15) is 51.7 Å². The van der Waals surface area contributed by atoms with Gasteiger partial charge in [0.25, 0.3) is 0 Å². The van der Waals surface area contributed by atoms with E-state index >= 15 is 0 Å². The Morgan fingerprint density at radius 1 is 1.04 bits per heavy atom. The van der Waals surface area contributed by atoms with Gasteiger partial charge in [0.1, 0.15) is 0 Å². The van der Waals surface area contributed by atoms with Crippen molar-refractivity contribution in [2.75, 3.05) is 16.8 Å². The molecule has 27 heavy (non-hydrogen) atoms. The zero-order chi connectivity index (χ0) is 18.7. The predicted molar refractivity (Wildman–Crippen MR) is 108 cm³/mol. The van der Waals surface area contributed by atoms with Gasteiger partial charge in [-0.1, -0.05) is 27.7 Å². The molecule has 1 heterocycles. The van der Waals surface area contributed by atoms with E-state index in [2.05, 4.69) is 74.3 Å². The van der Waals surface area contributed by atoms with Gasteiger partial charge in [-0.05, 0) is 54.0 Å². The van der Waals surface area contributed by atoms with Gasteiger partial charge in [-0.3, -0.25) is 4.85 Å². The third-order valence-electron chi connectivity index (χ3n) is 6.03. The Hall–Kier alpha value is -1.82. The molecule has 2 aromatic carbocycles. The molecule has 0 spiro atoms. The van der Waals surface area contributed by atoms with Crippen LogP contribution in [0.5, 0.6) is 0 Å². The van der Waals surface area contributed by atoms with Gasteiger partial charge in [0.2, 0.25) is 0 Å². The van der Waals surface area contributed by atoms with E-state index in [9.17, 15) is 0 Å². The van der Waals surface area contributed by atoms with Crippen molar-refractivity contribution < 1.29 is 20.1 Å². The Bertz CT molecular complexity index is 924. The van der Waals surface area contributed by atoms with Gasteiger partial charge in [-0.15, -0.1) is 11.8 Å². The molecule has 1 radical (unpaired) electrons. The van der Waals surface area contributed by atoms with Gasteiger partial charge < -0.3 is 9.80 Å². The zero-order valence-electron chi connectivity index (χ0n) is 16.6. The summed E-state index contributed by atoms with van der Waals surface area (Å²) in [6.07, 6.45) is 2.41. The van der Waals surface area contributed by atoms with Crippen LogP contribution in [-0.4, -0.2) is 7.05 Å². The molecule has 0 bridgehead atoms. The van der Waals surface area contributed by atoms with Crippen LogP contribution in [0.2, 0.25) is 0 Å². The second kappa shape index (κ2) is 6.66. The zero-order valence-corrected chi connectivity index (χ0v) is 18.9. The first-order valence-electron chi connectivity index (χ1n) is 9.18. The first-order valence-corrected chi connectivity index (χ1v) is 9.18. The van der Waals surface area contributed by atoms with E-state index in [-0.39, 0.29) is 30.9 Å². The number of hydrogen-bond donors (Lipinski definition) is 0. The molecule has 0 saturated carbocycles. The van der Waals surface area contributed by atoms with Gasteiger partial charge >= 0.3 is 0 Å². The molecule has 0 atom stereocenters. The van der Waals surface area contributed by atoms with Crippen molar-refractivity contribution in [1.29, 1.82) is 0 Å². The second-order valence-corrected chi connectivity index (χ2v) is 8.79. The van der Waals surface area contributed by atoms with Crippen molar-refractivity contribution in [3.63, 3.8) is 0 Å². The molecule has 2 aliphatic rings. The summed E-state index contributed by atoms with van der Waals surface area (Å²) >= 11 is 0. The maximum atomic E-state index is 7.29. The Balaban J connectivity index is 0.00000210. The average Bonchev–Trinajstić information content (AvgIpc) is 2.95. The smallest absolute Gasteiger partial charge is 0.0899 e. The average molecular weight is 536 g/mol. The molecule has 0 N–H and O–H groups in total. The number of nitrogens with zero attached hydrogens (tertiary/aromatic N) is 3. The fourth-order valence-corrected chi connectivity index (χ4v) is 4.21. The molecule has 1 aliphatic heterocycles. The topological polar surface area (TPSA) is 10.8 Å². The predicted octanol–water partition coefficient (Wildman–Crippen LogP) is 6.09. The van der Waals surface area contributed by atoms with E-state index in [1.54, 1.807) is 6.07 Å². The van der Waals surface area contributed by atoms with Gasteiger partial charge in [0.15, 0.2) is 0 Å². The van der Waals surface area contributed by atoms with Crippen LogP contribution in [0, 0.1) is 19.3 Å². The van der Waals surface area contributed by atoms with E-state index in [0.29, 0.717) is 5.69 Å². The van der Waals surface area contributed by atoms with Gasteiger partial charge in [-0.2, -0.15) is 24.9 Å². The number of benzene rings is 2. The Morgan fingerprint density at radius 2 is 1.63 bits per heavy atom. The number of rotatable bonds is 1. The maximum Gasteiger partial charge on any atom is 0.0899 e. The van der Waals surface area contributed by atoms with Crippen LogP contribution in [0.4, 0.5) is 22.7 Å². The standard InChI is InChI=1S/C23H25N3.Ir/c1-22(2)10-11-23(3,4)19-14-21-20(13-18(19)22)25(6)15-26(21)17-9-7-8-16(12-17)24-5;/h7-8,12-15H,10-11H2,1-4,6H3;/q-2;. The fraction of sp³-hybridized carbons (Fsp3) is 0.391. The minimum atomic E-state index is 0. The second-order valence-electron chi connectivity index (χ2n) is 8.79. The van der Waals surface area contributed by atoms with E-state index in [1.807, 2.05) is 12.1 Å². The van der Waals surface area contributed by atoms with Crippen molar-refractivity contribution in [1.82, 2.24) is 0 Å². The summed E-state index contributed by atoms with van der Waals surface area (Å²) in [6.45, 7) is 18.8. The molecule has 0 amide bonds. The Kier molecular flexibility index (Phi) is 4.91. The van der Waals surface area contributed by atoms with E-state index in [0.717, 1.165) is 5.69 Å². The summed E-state index contributed by atoms with van der Waals surface area (Å²) in [5.74, 6) is 0. The summed E-state index contributed by atoms with van der Waals surface area (Å²) in [5, 5.41) is 0. The van der Waals surface area contributed by atoms with Crippen molar-refractivity contribution in [2.24, 2.45) is 0 Å². The number of hydrogen-bond acceptors (Lipinski definition) is 2. The maximum absolute atomic E-state index is 7.29. The minimum Gasteiger partial charge on any atom is -0.504 e. The quantitative estimate of drug-likeness (QED) is 0.409. The van der Waals surface area contributed by atoms with Gasteiger partial charge in [0, 0.05) is 31.5 Å². The van der Waals surface area contributed by atoms with Crippen molar-refractivity contribution in [2.45, 2.75) is 51.4 Å². The normalized spacial score (nSPS) is 19.0. The summed E-state index contributed by atoms with van der Waals surface area (Å²) in [6, 6.07) is 13.6. The van der Waals surface area contributed by atoms with Gasteiger partial charge in [-0.25, -0.2) is 0 Å². The molecule has 0 fully saturated rings. The molecule has 0 unspecified atom stereocenters. The summed E-state index contributed by atoms with van der Waals surface area (Å²) in [5.41, 5.74) is 7.24. The Morgan fingerprint density at radius 3 is 2.22 bits per heavy atom. The van der Waals surface area contributed by atoms with E-state index in [1.165, 1.54) is 35.3 Å². The van der Waals surface area contributed by atoms with E-state index in [4.69, 9.17) is 6.57 Å². The summed E-state index contributed by atoms with van der Waals surface area (Å²) < 4.78 is 0. The van der Waals surface area contributed by atoms with Crippen molar-refractivity contribution in [3.8, 4) is 0 Å². The summed E-state index contributed by atoms with van der Waals surface area (Å²) in [4.78, 5) is 7.89. The molecule has 4 heteroatoms. The third-order valence-corrected chi connectivity index (χ3v) is 6.03. The molecule has 3 nitrogen and oxygen atoms in total. The first kappa shape index (κ1) is 19.9. The molecule has 2 aromatic rings. The molecule has 4 rings (SSSR count). The molecule has 0 aromatic heterocycles. The number of anilines is 3. The Labute approximate surface area is 176 Å². The van der Waals surface area contributed by atoms with Crippen LogP contribution in [0.3, 0.4) is 0 Å². The monoisotopic (exact) mass is 536 g/mol. The molecule has 0 saturated heterocycles. The molecular formula is C23H25IrN3-2. The molecular weight excluding hydrogens is 510 g/mol. The molecule has 143 valence electrons. The SMILES string of the molecule is [C-]#[N+]c1cc[c-]c(N2[CH-]N(C)c3cc4c(cc32)C(C)(C)CCC4(C)C)c1.[Ir]. The number of fused-ring (bicyclic) bond motifs is 2. The summed E-state index contributed by atoms with van der Waals surface area (Å²) in [7, 11) is 2.09. The minimum absolute atomic E-state index is 0. The van der Waals surface area contributed by atoms with Crippen LogP contribution < -0.4 is 9.80 Å². The van der Waals surface area contributed by atoms with Crippen LogP contribution >= 0.6 is 0 Å². The van der Waals surface area contributed by atoms with Crippen LogP contribution in [-0.2, 0) is 30.9 Å². The van der Waals surface area contributed by atoms with E-state index < -0.39 is 0 Å². The van der Waals surface area contributed by atoms with Gasteiger partial charge in [0.05, 0.1) is 12.3 Å². The molecule has 1 aliphatic carbocycles. The van der Waals surface area contributed by atoms with Crippen LogP contribution in [0.15, 0.2) is 30.3 Å². The first-order chi connectivity index (χ1) is 12.2. The van der Waals surface area contributed by atoms with Crippen molar-refractivity contribution in [3.05, 3.63) is 65.6 Å². The fourth-order valence-electron chi connectivity index (χ4n) is 4.21. The van der Waals surface area contributed by atoms with Crippen molar-refractivity contribution >= 4 is 22.7 Å². The largest absolute Gasteiger partial charge is 0.504 e. The van der Waals surface area contributed by atoms with Crippen LogP contribution in [0.25, 0.3) is 4.85 Å². The third kappa shape index (κ3) is 3.18.